The van der Waals surface area contributed by atoms with Crippen molar-refractivity contribution in [2.24, 2.45) is 0 Å². The third kappa shape index (κ3) is 2.72. The smallest absolute Gasteiger partial charge is 0.266 e. The zero-order chi connectivity index (χ0) is 8.10. The van der Waals surface area contributed by atoms with Crippen LogP contribution in [0.25, 0.3) is 0 Å². The Bertz CT molecular complexity index is 250. The summed E-state index contributed by atoms with van der Waals surface area (Å²) in [7, 11) is 0. The molecule has 11 heavy (non-hydrogen) atoms. The van der Waals surface area contributed by atoms with Gasteiger partial charge in [-0.3, -0.25) is 4.79 Å². The van der Waals surface area contributed by atoms with Gasteiger partial charge < -0.3 is 0 Å². The molecule has 1 radical (unpaired) electrons. The second-order valence-corrected chi connectivity index (χ2v) is 2.75. The predicted molar refractivity (Wildman–Crippen MR) is 43.4 cm³/mol. The van der Waals surface area contributed by atoms with E-state index in [2.05, 4.69) is 0 Å². The van der Waals surface area contributed by atoms with E-state index in [1.54, 1.807) is 17.8 Å². The fourth-order valence-corrected chi connectivity index (χ4v) is 1.14. The summed E-state index contributed by atoms with van der Waals surface area (Å²) >= 11 is 0.998. The van der Waals surface area contributed by atoms with Gasteiger partial charge in [0.2, 0.25) is 0 Å². The van der Waals surface area contributed by atoms with Crippen molar-refractivity contribution in [1.29, 1.82) is 0 Å². The molecule has 0 aromatic heterocycles. The summed E-state index contributed by atoms with van der Waals surface area (Å²) in [6, 6.07) is 6.17. The van der Waals surface area contributed by atoms with Gasteiger partial charge in [0, 0.05) is 5.75 Å². The van der Waals surface area contributed by atoms with Crippen LogP contribution in [0.15, 0.2) is 24.3 Å². The van der Waals surface area contributed by atoms with Crippen LogP contribution in [0.4, 0.5) is 4.39 Å². The lowest BCUT2D eigenvalue weighted by Crippen LogP contribution is -1.81. The van der Waals surface area contributed by atoms with Crippen LogP contribution in [-0.2, 0) is 10.5 Å². The summed E-state index contributed by atoms with van der Waals surface area (Å²) in [5.74, 6) is 0.218. The summed E-state index contributed by atoms with van der Waals surface area (Å²) in [6.07, 6.45) is 0. The quantitative estimate of drug-likeness (QED) is 0.689. The van der Waals surface area contributed by atoms with Gasteiger partial charge in [-0.1, -0.05) is 23.9 Å². The predicted octanol–water partition coefficient (Wildman–Crippen LogP) is 2.13. The third-order valence-corrected chi connectivity index (χ3v) is 1.78. The molecular formula is C8H6FOS. The van der Waals surface area contributed by atoms with E-state index < -0.39 is 0 Å². The molecular weight excluding hydrogens is 163 g/mol. The number of halogens is 1. The molecule has 0 aliphatic heterocycles. The van der Waals surface area contributed by atoms with E-state index in [4.69, 9.17) is 0 Å². The fraction of sp³-hybridized carbons (Fsp3) is 0.125. The van der Waals surface area contributed by atoms with Crippen LogP contribution in [0.2, 0.25) is 0 Å². The molecule has 0 bridgehead atoms. The molecule has 0 heterocycles. The molecule has 0 saturated heterocycles. The molecule has 0 amide bonds. The van der Waals surface area contributed by atoms with Gasteiger partial charge in [0.1, 0.15) is 5.82 Å². The molecule has 0 aliphatic rings. The average molecular weight is 169 g/mol. The second kappa shape index (κ2) is 4.13. The molecule has 0 unspecified atom stereocenters. The van der Waals surface area contributed by atoms with Gasteiger partial charge in [0.15, 0.2) is 0 Å². The molecule has 3 heteroatoms. The summed E-state index contributed by atoms with van der Waals surface area (Å²) < 4.78 is 12.5. The van der Waals surface area contributed by atoms with Gasteiger partial charge in [-0.15, -0.1) is 0 Å². The first-order valence-electron chi connectivity index (χ1n) is 3.06. The Morgan fingerprint density at radius 2 is 2.36 bits per heavy atom. The number of thioether (sulfide) groups is 1. The molecule has 0 spiro atoms. The maximum Gasteiger partial charge on any atom is 0.266 e. The van der Waals surface area contributed by atoms with Gasteiger partial charge in [0.25, 0.3) is 5.62 Å². The standard InChI is InChI=1S/C8H6FOS/c9-8-3-1-2-7(4-8)5-11-6-10/h1-4H,5H2. The third-order valence-electron chi connectivity index (χ3n) is 1.19. The van der Waals surface area contributed by atoms with Crippen molar-refractivity contribution in [1.82, 2.24) is 0 Å². The lowest BCUT2D eigenvalue weighted by molar-refractivity contribution is 0.570. The molecule has 57 valence electrons. The van der Waals surface area contributed by atoms with E-state index in [0.717, 1.165) is 17.3 Å². The highest BCUT2D eigenvalue weighted by Crippen LogP contribution is 2.10. The molecule has 0 N–H and O–H groups in total. The number of hydrogen-bond acceptors (Lipinski definition) is 2. The minimum atomic E-state index is -0.269. The molecule has 0 fully saturated rings. The number of hydrogen-bond donors (Lipinski definition) is 0. The maximum atomic E-state index is 12.5. The highest BCUT2D eigenvalue weighted by atomic mass is 32.2. The Balaban J connectivity index is 2.63. The van der Waals surface area contributed by atoms with Crippen LogP contribution in [0.3, 0.4) is 0 Å². The minimum Gasteiger partial charge on any atom is -0.277 e. The molecule has 1 nitrogen and oxygen atoms in total. The Kier molecular flexibility index (Phi) is 3.11. The fourth-order valence-electron chi connectivity index (χ4n) is 0.740. The van der Waals surface area contributed by atoms with Crippen LogP contribution in [0.5, 0.6) is 0 Å². The van der Waals surface area contributed by atoms with Crippen LogP contribution in [0.1, 0.15) is 5.56 Å². The van der Waals surface area contributed by atoms with Gasteiger partial charge in [-0.25, -0.2) is 4.39 Å². The first-order chi connectivity index (χ1) is 5.33. The number of benzene rings is 1. The second-order valence-electron chi connectivity index (χ2n) is 2.00. The van der Waals surface area contributed by atoms with Crippen molar-refractivity contribution in [2.45, 2.75) is 5.75 Å². The van der Waals surface area contributed by atoms with Crippen molar-refractivity contribution in [2.75, 3.05) is 0 Å². The Morgan fingerprint density at radius 3 is 3.00 bits per heavy atom. The van der Waals surface area contributed by atoms with Crippen molar-refractivity contribution >= 4 is 17.4 Å². The Labute approximate surface area is 68.6 Å². The summed E-state index contributed by atoms with van der Waals surface area (Å²) in [5.41, 5.74) is 2.48. The highest BCUT2D eigenvalue weighted by molar-refractivity contribution is 8.11. The van der Waals surface area contributed by atoms with Gasteiger partial charge >= 0.3 is 0 Å². The van der Waals surface area contributed by atoms with E-state index in [1.165, 1.54) is 12.1 Å². The van der Waals surface area contributed by atoms with Crippen LogP contribution in [0, 0.1) is 5.82 Å². The molecule has 0 atom stereocenters. The van der Waals surface area contributed by atoms with Crippen LogP contribution in [-0.4, -0.2) is 5.62 Å². The highest BCUT2D eigenvalue weighted by Gasteiger charge is 1.94. The SMILES string of the molecule is O=[C]SCc1cccc(F)c1. The topological polar surface area (TPSA) is 17.1 Å². The Morgan fingerprint density at radius 1 is 1.55 bits per heavy atom. The summed E-state index contributed by atoms with van der Waals surface area (Å²) in [4.78, 5) is 9.81. The van der Waals surface area contributed by atoms with E-state index in [1.807, 2.05) is 0 Å². The lowest BCUT2D eigenvalue weighted by Gasteiger charge is -1.94. The van der Waals surface area contributed by atoms with Crippen LogP contribution < -0.4 is 0 Å². The molecule has 1 aromatic rings. The van der Waals surface area contributed by atoms with Gasteiger partial charge in [0.05, 0.1) is 0 Å². The molecule has 0 aliphatic carbocycles. The number of carbonyl (C=O) groups excluding carboxylic acids is 1. The van der Waals surface area contributed by atoms with E-state index in [-0.39, 0.29) is 5.82 Å². The molecule has 1 aromatic carbocycles. The molecule has 0 saturated carbocycles. The average Bonchev–Trinajstić information content (AvgIpc) is 2.01. The van der Waals surface area contributed by atoms with E-state index in [9.17, 15) is 9.18 Å². The van der Waals surface area contributed by atoms with Gasteiger partial charge in [-0.2, -0.15) is 0 Å². The normalized spacial score (nSPS) is 9.55. The molecule has 1 rings (SSSR count). The maximum absolute atomic E-state index is 12.5. The van der Waals surface area contributed by atoms with E-state index in [0.29, 0.717) is 5.75 Å². The van der Waals surface area contributed by atoms with E-state index >= 15 is 0 Å². The van der Waals surface area contributed by atoms with Crippen LogP contribution >= 0.6 is 11.8 Å². The minimum absolute atomic E-state index is 0.269. The zero-order valence-corrected chi connectivity index (χ0v) is 6.53. The lowest BCUT2D eigenvalue weighted by atomic mass is 10.2. The number of rotatable bonds is 3. The zero-order valence-electron chi connectivity index (χ0n) is 5.71. The summed E-state index contributed by atoms with van der Waals surface area (Å²) in [5, 5.41) is 0. The van der Waals surface area contributed by atoms with Crippen molar-refractivity contribution in [3.8, 4) is 0 Å². The Hall–Kier alpha value is -0.830. The first-order valence-corrected chi connectivity index (χ1v) is 4.05. The van der Waals surface area contributed by atoms with Crippen molar-refractivity contribution in [3.05, 3.63) is 35.6 Å². The largest absolute Gasteiger partial charge is 0.277 e. The monoisotopic (exact) mass is 169 g/mol. The van der Waals surface area contributed by atoms with Crippen molar-refractivity contribution < 1.29 is 9.18 Å². The summed E-state index contributed by atoms with van der Waals surface area (Å²) in [6.45, 7) is 0. The van der Waals surface area contributed by atoms with Gasteiger partial charge in [-0.05, 0) is 17.7 Å². The van der Waals surface area contributed by atoms with Crippen molar-refractivity contribution in [3.63, 3.8) is 0 Å². The first kappa shape index (κ1) is 8.27.